The lowest BCUT2D eigenvalue weighted by Crippen LogP contribution is -3.06. The topological polar surface area (TPSA) is 63.8 Å². The summed E-state index contributed by atoms with van der Waals surface area (Å²) in [4.78, 5) is 25.0. The second-order valence-corrected chi connectivity index (χ2v) is 8.04. The van der Waals surface area contributed by atoms with Crippen LogP contribution in [0.5, 0.6) is 0 Å². The number of carbonyl (C=O) groups is 1. The van der Waals surface area contributed by atoms with Gasteiger partial charge in [0.05, 0.1) is 7.05 Å². The summed E-state index contributed by atoms with van der Waals surface area (Å²) in [5.41, 5.74) is 5.54. The van der Waals surface area contributed by atoms with Gasteiger partial charge < -0.3 is 14.6 Å². The number of benzene rings is 2. The Hall–Kier alpha value is -2.92. The predicted molar refractivity (Wildman–Crippen MR) is 115 cm³/mol. The number of aryl methyl sites for hydroxylation is 1. The van der Waals surface area contributed by atoms with Gasteiger partial charge in [0.2, 0.25) is 0 Å². The number of fused-ring (bicyclic) bond motifs is 1. The molecule has 5 nitrogen and oxygen atoms in total. The van der Waals surface area contributed by atoms with Crippen molar-refractivity contribution in [2.24, 2.45) is 0 Å². The summed E-state index contributed by atoms with van der Waals surface area (Å²) in [6, 6.07) is 13.4. The molecular weight excluding hydrogens is 364 g/mol. The van der Waals surface area contributed by atoms with E-state index in [9.17, 15) is 9.59 Å². The smallest absolute Gasteiger partial charge is 0.336 e. The summed E-state index contributed by atoms with van der Waals surface area (Å²) in [7, 11) is 3.73. The summed E-state index contributed by atoms with van der Waals surface area (Å²) in [5.74, 6) is 0.319. The third kappa shape index (κ3) is 4.74. The molecule has 2 N–H and O–H groups in total. The van der Waals surface area contributed by atoms with Gasteiger partial charge in [-0.3, -0.25) is 4.79 Å². The van der Waals surface area contributed by atoms with Crippen molar-refractivity contribution in [2.45, 2.75) is 39.8 Å². The van der Waals surface area contributed by atoms with Gasteiger partial charge >= 0.3 is 5.63 Å². The minimum atomic E-state index is -0.313. The molecule has 5 heteroatoms. The summed E-state index contributed by atoms with van der Waals surface area (Å²) in [5, 5.41) is 3.64. The maximum Gasteiger partial charge on any atom is 0.336 e. The average molecular weight is 394 g/mol. The number of amides is 1. The quantitative estimate of drug-likeness (QED) is 0.633. The number of quaternary nitrogens is 1. The molecule has 0 bridgehead atoms. The number of hydrogen-bond donors (Lipinski definition) is 2. The Bertz CT molecular complexity index is 1080. The van der Waals surface area contributed by atoms with Gasteiger partial charge in [0.25, 0.3) is 5.91 Å². The van der Waals surface area contributed by atoms with Crippen LogP contribution in [0.25, 0.3) is 11.0 Å². The monoisotopic (exact) mass is 393 g/mol. The lowest BCUT2D eigenvalue weighted by molar-refractivity contribution is -0.907. The van der Waals surface area contributed by atoms with Crippen molar-refractivity contribution in [1.29, 1.82) is 0 Å². The van der Waals surface area contributed by atoms with Gasteiger partial charge in [-0.05, 0) is 48.2 Å². The Morgan fingerprint density at radius 3 is 2.41 bits per heavy atom. The summed E-state index contributed by atoms with van der Waals surface area (Å²) < 4.78 is 5.46. The first-order valence-corrected chi connectivity index (χ1v) is 9.98. The Kier molecular flexibility index (Phi) is 6.18. The van der Waals surface area contributed by atoms with Gasteiger partial charge in [-0.25, -0.2) is 4.79 Å². The standard InChI is InChI=1S/C24H28N2O3/c1-15(2)20-12-21-19(11-23(27)29-22(21)10-16(20)3)14-26(5)13-17-6-8-18(9-7-17)24(28)25-4/h6-12,15H,13-14H2,1-5H3,(H,25,28)/p+1. The average Bonchev–Trinajstić information content (AvgIpc) is 2.67. The van der Waals surface area contributed by atoms with Crippen molar-refractivity contribution >= 4 is 16.9 Å². The first-order chi connectivity index (χ1) is 13.8. The van der Waals surface area contributed by atoms with Crippen LogP contribution in [0, 0.1) is 6.92 Å². The molecule has 0 fully saturated rings. The zero-order valence-corrected chi connectivity index (χ0v) is 17.8. The highest BCUT2D eigenvalue weighted by Crippen LogP contribution is 2.26. The number of carbonyl (C=O) groups excluding carboxylic acids is 1. The minimum absolute atomic E-state index is 0.0871. The largest absolute Gasteiger partial charge is 0.423 e. The molecule has 29 heavy (non-hydrogen) atoms. The van der Waals surface area contributed by atoms with Crippen molar-refractivity contribution < 1.29 is 14.1 Å². The van der Waals surface area contributed by atoms with Gasteiger partial charge in [-0.15, -0.1) is 0 Å². The molecule has 0 saturated heterocycles. The number of nitrogens with one attached hydrogen (secondary N) is 2. The second kappa shape index (κ2) is 8.62. The van der Waals surface area contributed by atoms with Crippen LogP contribution in [0.15, 0.2) is 51.7 Å². The highest BCUT2D eigenvalue weighted by molar-refractivity contribution is 5.93. The van der Waals surface area contributed by atoms with Gasteiger partial charge in [0, 0.05) is 35.2 Å². The van der Waals surface area contributed by atoms with Crippen molar-refractivity contribution in [3.05, 3.63) is 80.7 Å². The van der Waals surface area contributed by atoms with Gasteiger partial charge in [-0.1, -0.05) is 26.0 Å². The summed E-state index contributed by atoms with van der Waals surface area (Å²) >= 11 is 0. The van der Waals surface area contributed by atoms with E-state index in [4.69, 9.17) is 4.42 Å². The highest BCUT2D eigenvalue weighted by atomic mass is 16.4. The van der Waals surface area contributed by atoms with Gasteiger partial charge in [-0.2, -0.15) is 0 Å². The Labute approximate surface area is 171 Å². The van der Waals surface area contributed by atoms with Gasteiger partial charge in [0.1, 0.15) is 18.7 Å². The van der Waals surface area contributed by atoms with Crippen molar-refractivity contribution in [3.8, 4) is 0 Å². The van der Waals surface area contributed by atoms with E-state index < -0.39 is 0 Å². The molecule has 0 aliphatic heterocycles. The third-order valence-corrected chi connectivity index (χ3v) is 5.28. The lowest BCUT2D eigenvalue weighted by atomic mass is 9.95. The van der Waals surface area contributed by atoms with Crippen LogP contribution in [-0.2, 0) is 13.1 Å². The van der Waals surface area contributed by atoms with Crippen molar-refractivity contribution in [2.75, 3.05) is 14.1 Å². The Balaban J connectivity index is 1.86. The number of rotatable bonds is 6. The van der Waals surface area contributed by atoms with Crippen molar-refractivity contribution in [1.82, 2.24) is 5.32 Å². The fraction of sp³-hybridized carbons (Fsp3) is 0.333. The van der Waals surface area contributed by atoms with E-state index in [-0.39, 0.29) is 11.5 Å². The van der Waals surface area contributed by atoms with E-state index in [2.05, 4.69) is 39.2 Å². The van der Waals surface area contributed by atoms with Crippen LogP contribution in [-0.4, -0.2) is 20.0 Å². The molecule has 152 valence electrons. The summed E-state index contributed by atoms with van der Waals surface area (Å²) in [6.07, 6.45) is 0. The first kappa shape index (κ1) is 20.8. The van der Waals surface area contributed by atoms with Crippen LogP contribution in [0.2, 0.25) is 0 Å². The van der Waals surface area contributed by atoms with Crippen LogP contribution in [0.1, 0.15) is 52.4 Å². The Morgan fingerprint density at radius 2 is 1.79 bits per heavy atom. The second-order valence-electron chi connectivity index (χ2n) is 8.04. The number of hydrogen-bond acceptors (Lipinski definition) is 3. The van der Waals surface area contributed by atoms with Crippen LogP contribution in [0.4, 0.5) is 0 Å². The Morgan fingerprint density at radius 1 is 1.10 bits per heavy atom. The molecule has 1 heterocycles. The van der Waals surface area contributed by atoms with E-state index in [1.807, 2.05) is 30.3 Å². The van der Waals surface area contributed by atoms with Gasteiger partial charge in [0.15, 0.2) is 0 Å². The van der Waals surface area contributed by atoms with E-state index in [1.54, 1.807) is 13.1 Å². The molecule has 0 aliphatic carbocycles. The van der Waals surface area contributed by atoms with E-state index in [1.165, 1.54) is 10.5 Å². The van der Waals surface area contributed by atoms with Crippen molar-refractivity contribution in [3.63, 3.8) is 0 Å². The molecule has 1 aromatic heterocycles. The minimum Gasteiger partial charge on any atom is -0.423 e. The molecule has 0 spiro atoms. The normalized spacial score (nSPS) is 12.3. The molecule has 2 aromatic carbocycles. The molecule has 1 amide bonds. The molecule has 1 unspecified atom stereocenters. The first-order valence-electron chi connectivity index (χ1n) is 9.98. The molecule has 0 radical (unpaired) electrons. The predicted octanol–water partition coefficient (Wildman–Crippen LogP) is 2.80. The van der Waals surface area contributed by atoms with E-state index in [0.717, 1.165) is 28.6 Å². The molecular formula is C24H29N2O3+. The lowest BCUT2D eigenvalue weighted by Gasteiger charge is -2.17. The maximum absolute atomic E-state index is 12.1. The SMILES string of the molecule is CNC(=O)c1ccc(C[NH+](C)Cc2cc(=O)oc3cc(C)c(C(C)C)cc23)cc1. The molecule has 3 aromatic rings. The highest BCUT2D eigenvalue weighted by Gasteiger charge is 2.15. The van der Waals surface area contributed by atoms with E-state index in [0.29, 0.717) is 23.6 Å². The molecule has 3 rings (SSSR count). The molecule has 0 aliphatic rings. The molecule has 0 saturated carbocycles. The summed E-state index contributed by atoms with van der Waals surface area (Å²) in [6.45, 7) is 7.90. The van der Waals surface area contributed by atoms with Crippen LogP contribution in [0.3, 0.4) is 0 Å². The zero-order chi connectivity index (χ0) is 21.1. The van der Waals surface area contributed by atoms with Crippen LogP contribution < -0.4 is 15.8 Å². The molecule has 1 atom stereocenters. The zero-order valence-electron chi connectivity index (χ0n) is 17.8. The van der Waals surface area contributed by atoms with Crippen LogP contribution >= 0.6 is 0 Å². The van der Waals surface area contributed by atoms with E-state index >= 15 is 0 Å². The third-order valence-electron chi connectivity index (χ3n) is 5.28. The fourth-order valence-corrected chi connectivity index (χ4v) is 3.81. The maximum atomic E-state index is 12.1. The fourth-order valence-electron chi connectivity index (χ4n) is 3.81.